The highest BCUT2D eigenvalue weighted by atomic mass is 32.2. The van der Waals surface area contributed by atoms with Crippen molar-refractivity contribution < 1.29 is 61.3 Å². The Kier molecular flexibility index (Phi) is 22.4. The number of carboxylic acids is 1. The number of unbranched alkanes of at least 4 members (excludes halogenated alkanes) is 12. The fourth-order valence-electron chi connectivity index (χ4n) is 5.66. The molecule has 0 bridgehead atoms. The lowest BCUT2D eigenvalue weighted by Crippen LogP contribution is -2.35. The number of hydrogen-bond donors (Lipinski definition) is 4. The van der Waals surface area contributed by atoms with Crippen molar-refractivity contribution in [1.82, 2.24) is 25.7 Å². The predicted octanol–water partition coefficient (Wildman–Crippen LogP) is 3.69. The fraction of sp³-hybridized carbons (Fsp3) is 0.590. The average Bonchev–Trinajstić information content (AvgIpc) is 3.52. The van der Waals surface area contributed by atoms with Gasteiger partial charge in [0, 0.05) is 44.7 Å². The molecule has 4 N–H and O–H groups in total. The number of hydrogen-bond acceptors (Lipinski definition) is 14. The molecule has 2 aromatic rings. The second-order valence-electron chi connectivity index (χ2n) is 13.7. The molecule has 326 valence electrons. The molecule has 0 aliphatic carbocycles. The molecule has 59 heavy (non-hydrogen) atoms. The summed E-state index contributed by atoms with van der Waals surface area (Å²) >= 11 is 0. The molecule has 4 amide bonds. The van der Waals surface area contributed by atoms with Crippen LogP contribution in [0.1, 0.15) is 113 Å². The van der Waals surface area contributed by atoms with Gasteiger partial charge in [0.15, 0.2) is 0 Å². The Morgan fingerprint density at radius 1 is 0.695 bits per heavy atom. The van der Waals surface area contributed by atoms with Gasteiger partial charge in [-0.25, -0.2) is 27.9 Å². The SMILES string of the molecule is O=C(O)CCCCCCCCCCCCCCCOc1ccc(S(=O)(=O)Nc2ncc(C(=O)NCCOCC(=O)NCCOCC(=O)ON3C(=O)CCC3=O)cn2)cc1. The number of carboxylic acid groups (broad SMARTS) is 1. The molecule has 0 unspecified atom stereocenters. The Bertz CT molecular complexity index is 1730. The quantitative estimate of drug-likeness (QED) is 0.0605. The number of nitrogens with zero attached hydrogens (tertiary/aromatic N) is 3. The van der Waals surface area contributed by atoms with Crippen molar-refractivity contribution in [3.63, 3.8) is 0 Å². The molecule has 3 rings (SSSR count). The number of amides is 4. The van der Waals surface area contributed by atoms with Crippen LogP contribution in [0.15, 0.2) is 41.6 Å². The van der Waals surface area contributed by atoms with Gasteiger partial charge in [-0.1, -0.05) is 70.6 Å². The molecule has 19 nitrogen and oxygen atoms in total. The number of carbonyl (C=O) groups excluding carboxylic acids is 5. The number of anilines is 1. The maximum absolute atomic E-state index is 12.9. The summed E-state index contributed by atoms with van der Waals surface area (Å²) in [6.45, 7) is -0.239. The second kappa shape index (κ2) is 27.5. The third kappa shape index (κ3) is 20.4. The van der Waals surface area contributed by atoms with Crippen LogP contribution >= 0.6 is 0 Å². The van der Waals surface area contributed by atoms with Gasteiger partial charge in [-0.2, -0.15) is 0 Å². The van der Waals surface area contributed by atoms with Gasteiger partial charge >= 0.3 is 11.9 Å². The molecule has 1 aromatic carbocycles. The molecule has 1 fully saturated rings. The largest absolute Gasteiger partial charge is 0.494 e. The first kappa shape index (κ1) is 48.2. The van der Waals surface area contributed by atoms with E-state index >= 15 is 0 Å². The molecule has 1 aliphatic rings. The van der Waals surface area contributed by atoms with Gasteiger partial charge in [0.05, 0.1) is 30.3 Å². The molecule has 1 aromatic heterocycles. The standard InChI is InChI=1S/C39H56N6O13S/c46-33(40-21-24-56-29-37(51)58-45-34(47)19-20-35(45)48)28-55-25-22-41-38(52)30-26-42-39(43-27-30)44-59(53,54)32-17-15-31(16-18-32)57-23-13-11-9-7-5-3-1-2-4-6-8-10-12-14-36(49)50/h15-18,26-27H,1-14,19-25,28-29H2,(H,40,46)(H,41,52)(H,49,50)(H,42,43,44). The summed E-state index contributed by atoms with van der Waals surface area (Å²) in [5, 5.41) is 14.1. The van der Waals surface area contributed by atoms with Crippen molar-refractivity contribution in [2.75, 3.05) is 50.8 Å². The van der Waals surface area contributed by atoms with Crippen molar-refractivity contribution in [2.24, 2.45) is 0 Å². The smallest absolute Gasteiger partial charge is 0.358 e. The number of benzene rings is 1. The fourth-order valence-corrected chi connectivity index (χ4v) is 6.62. The average molecular weight is 849 g/mol. The van der Waals surface area contributed by atoms with E-state index in [0.29, 0.717) is 17.4 Å². The van der Waals surface area contributed by atoms with Gasteiger partial charge in [-0.3, -0.25) is 24.0 Å². The number of rotatable bonds is 32. The summed E-state index contributed by atoms with van der Waals surface area (Å²) in [5.41, 5.74) is 0.0701. The van der Waals surface area contributed by atoms with E-state index in [0.717, 1.165) is 50.9 Å². The van der Waals surface area contributed by atoms with E-state index in [1.165, 1.54) is 57.1 Å². The van der Waals surface area contributed by atoms with Gasteiger partial charge in [0.25, 0.3) is 27.7 Å². The Morgan fingerprint density at radius 3 is 1.80 bits per heavy atom. The van der Waals surface area contributed by atoms with Gasteiger partial charge in [0.2, 0.25) is 11.9 Å². The van der Waals surface area contributed by atoms with Gasteiger partial charge in [-0.05, 0) is 37.1 Å². The summed E-state index contributed by atoms with van der Waals surface area (Å²) in [6.07, 6.45) is 17.1. The van der Waals surface area contributed by atoms with Crippen molar-refractivity contribution >= 4 is 51.5 Å². The van der Waals surface area contributed by atoms with Crippen LogP contribution in [0.3, 0.4) is 0 Å². The zero-order valence-corrected chi connectivity index (χ0v) is 34.1. The van der Waals surface area contributed by atoms with Crippen molar-refractivity contribution in [1.29, 1.82) is 0 Å². The van der Waals surface area contributed by atoms with E-state index in [1.54, 1.807) is 12.1 Å². The van der Waals surface area contributed by atoms with Gasteiger partial charge < -0.3 is 34.8 Å². The summed E-state index contributed by atoms with van der Waals surface area (Å²) < 4.78 is 44.1. The first-order chi connectivity index (χ1) is 28.4. The lowest BCUT2D eigenvalue weighted by molar-refractivity contribution is -0.200. The van der Waals surface area contributed by atoms with Gasteiger partial charge in [-0.15, -0.1) is 5.06 Å². The lowest BCUT2D eigenvalue weighted by atomic mass is 10.0. The maximum atomic E-state index is 12.9. The highest BCUT2D eigenvalue weighted by Gasteiger charge is 2.32. The van der Waals surface area contributed by atoms with E-state index in [9.17, 15) is 37.2 Å². The number of ether oxygens (including phenoxy) is 3. The van der Waals surface area contributed by atoms with E-state index in [-0.39, 0.29) is 68.6 Å². The molecule has 2 heterocycles. The summed E-state index contributed by atoms with van der Waals surface area (Å²) in [6, 6.07) is 6.02. The highest BCUT2D eigenvalue weighted by molar-refractivity contribution is 7.92. The minimum absolute atomic E-state index is 0.00198. The Labute approximate surface area is 344 Å². The lowest BCUT2D eigenvalue weighted by Gasteiger charge is -2.12. The van der Waals surface area contributed by atoms with Crippen LogP contribution in [0, 0.1) is 0 Å². The highest BCUT2D eigenvalue weighted by Crippen LogP contribution is 2.19. The third-order valence-electron chi connectivity index (χ3n) is 8.83. The number of carbonyl (C=O) groups is 6. The van der Waals surface area contributed by atoms with E-state index < -0.39 is 52.2 Å². The molecule has 0 atom stereocenters. The number of nitrogens with one attached hydrogen (secondary N) is 3. The molecule has 20 heteroatoms. The van der Waals surface area contributed by atoms with Crippen LogP contribution in [-0.4, -0.2) is 110 Å². The van der Waals surface area contributed by atoms with Crippen LogP contribution in [0.2, 0.25) is 0 Å². The van der Waals surface area contributed by atoms with E-state index in [4.69, 9.17) is 19.3 Å². The number of sulfonamides is 1. The van der Waals surface area contributed by atoms with Crippen LogP contribution in [-0.2, 0) is 48.3 Å². The third-order valence-corrected chi connectivity index (χ3v) is 10.2. The first-order valence-electron chi connectivity index (χ1n) is 20.0. The van der Waals surface area contributed by atoms with Crippen LogP contribution < -0.4 is 20.1 Å². The number of aromatic nitrogens is 2. The normalized spacial score (nSPS) is 12.6. The molecule has 1 aliphatic heterocycles. The molecular formula is C39H56N6O13S. The van der Waals surface area contributed by atoms with Crippen molar-refractivity contribution in [3.05, 3.63) is 42.2 Å². The molecule has 0 radical (unpaired) electrons. The summed E-state index contributed by atoms with van der Waals surface area (Å²) in [7, 11) is -4.01. The minimum atomic E-state index is -4.01. The van der Waals surface area contributed by atoms with Crippen molar-refractivity contribution in [2.45, 2.75) is 108 Å². The van der Waals surface area contributed by atoms with Crippen LogP contribution in [0.5, 0.6) is 5.75 Å². The topological polar surface area (TPSA) is 259 Å². The molecule has 1 saturated heterocycles. The minimum Gasteiger partial charge on any atom is -0.494 e. The van der Waals surface area contributed by atoms with Crippen LogP contribution in [0.25, 0.3) is 0 Å². The summed E-state index contributed by atoms with van der Waals surface area (Å²) in [5.74, 6) is -3.52. The first-order valence-corrected chi connectivity index (χ1v) is 21.5. The van der Waals surface area contributed by atoms with Gasteiger partial charge in [0.1, 0.15) is 19.0 Å². The summed E-state index contributed by atoms with van der Waals surface area (Å²) in [4.78, 5) is 81.9. The number of hydroxylamine groups is 2. The molecule has 0 spiro atoms. The molecular weight excluding hydrogens is 793 g/mol. The predicted molar refractivity (Wildman–Crippen MR) is 211 cm³/mol. The zero-order chi connectivity index (χ0) is 42.7. The molecule has 0 saturated carbocycles. The van der Waals surface area contributed by atoms with E-state index in [1.807, 2.05) is 0 Å². The Morgan fingerprint density at radius 2 is 1.22 bits per heavy atom. The maximum Gasteiger partial charge on any atom is 0.358 e. The van der Waals surface area contributed by atoms with E-state index in [2.05, 4.69) is 30.2 Å². The zero-order valence-electron chi connectivity index (χ0n) is 33.3. The second-order valence-corrected chi connectivity index (χ2v) is 15.4. The Balaban J connectivity index is 1.18. The Hall–Kier alpha value is -5.21. The number of imide groups is 1. The number of aliphatic carboxylic acids is 1. The van der Waals surface area contributed by atoms with Crippen LogP contribution in [0.4, 0.5) is 5.95 Å². The van der Waals surface area contributed by atoms with Crippen molar-refractivity contribution in [3.8, 4) is 5.75 Å². The monoisotopic (exact) mass is 848 g/mol.